The molecule has 0 radical (unpaired) electrons. The van der Waals surface area contributed by atoms with Crippen molar-refractivity contribution in [3.8, 4) is 0 Å². The van der Waals surface area contributed by atoms with Gasteiger partial charge in [0.15, 0.2) is 0 Å². The fourth-order valence-corrected chi connectivity index (χ4v) is 1.26. The van der Waals surface area contributed by atoms with Crippen molar-refractivity contribution >= 4 is 17.7 Å². The van der Waals surface area contributed by atoms with E-state index in [-0.39, 0.29) is 0 Å². The second-order valence-electron chi connectivity index (χ2n) is 3.35. The van der Waals surface area contributed by atoms with Crippen LogP contribution in [0.5, 0.6) is 0 Å². The van der Waals surface area contributed by atoms with Gasteiger partial charge in [-0.1, -0.05) is 0 Å². The molecule has 0 spiro atoms. The lowest BCUT2D eigenvalue weighted by Gasteiger charge is -2.22. The SMILES string of the molecule is CC(N)NC(=O)C(C)N1C(=O)C=CC1=O. The van der Waals surface area contributed by atoms with Crippen molar-refractivity contribution < 1.29 is 14.4 Å². The molecule has 1 rings (SSSR count). The van der Waals surface area contributed by atoms with Crippen LogP contribution in [0.3, 0.4) is 0 Å². The summed E-state index contributed by atoms with van der Waals surface area (Å²) in [6.07, 6.45) is 1.76. The highest BCUT2D eigenvalue weighted by Crippen LogP contribution is 2.08. The minimum atomic E-state index is -0.842. The van der Waals surface area contributed by atoms with E-state index in [2.05, 4.69) is 5.32 Å². The van der Waals surface area contributed by atoms with Gasteiger partial charge in [0.25, 0.3) is 11.8 Å². The average molecular weight is 211 g/mol. The van der Waals surface area contributed by atoms with Crippen LogP contribution in [0.25, 0.3) is 0 Å². The van der Waals surface area contributed by atoms with E-state index in [0.29, 0.717) is 0 Å². The molecule has 0 aromatic carbocycles. The molecule has 0 saturated heterocycles. The van der Waals surface area contributed by atoms with Crippen molar-refractivity contribution in [2.24, 2.45) is 5.73 Å². The van der Waals surface area contributed by atoms with Crippen LogP contribution in [0.4, 0.5) is 0 Å². The molecule has 0 fully saturated rings. The lowest BCUT2D eigenvalue weighted by atomic mass is 10.2. The maximum atomic E-state index is 11.5. The van der Waals surface area contributed by atoms with E-state index in [9.17, 15) is 14.4 Å². The van der Waals surface area contributed by atoms with Gasteiger partial charge >= 0.3 is 0 Å². The first-order chi connectivity index (χ1) is 6.93. The fraction of sp³-hybridized carbons (Fsp3) is 0.444. The average Bonchev–Trinajstić information content (AvgIpc) is 2.44. The van der Waals surface area contributed by atoms with Gasteiger partial charge in [0.1, 0.15) is 6.04 Å². The number of hydrogen-bond acceptors (Lipinski definition) is 4. The molecule has 3 amide bonds. The van der Waals surface area contributed by atoms with Gasteiger partial charge in [0.2, 0.25) is 5.91 Å². The molecule has 3 N–H and O–H groups in total. The Hall–Kier alpha value is -1.69. The first-order valence-electron chi connectivity index (χ1n) is 4.54. The number of hydrogen-bond donors (Lipinski definition) is 2. The molecule has 0 aromatic heterocycles. The summed E-state index contributed by atoms with van der Waals surface area (Å²) < 4.78 is 0. The Labute approximate surface area is 87.1 Å². The van der Waals surface area contributed by atoms with Crippen molar-refractivity contribution in [2.75, 3.05) is 0 Å². The summed E-state index contributed by atoms with van der Waals surface area (Å²) in [5, 5.41) is 2.43. The molecule has 15 heavy (non-hydrogen) atoms. The smallest absolute Gasteiger partial charge is 0.254 e. The third-order valence-electron chi connectivity index (χ3n) is 1.98. The normalized spacial score (nSPS) is 19.3. The van der Waals surface area contributed by atoms with Crippen molar-refractivity contribution in [3.05, 3.63) is 12.2 Å². The van der Waals surface area contributed by atoms with Crippen molar-refractivity contribution in [1.82, 2.24) is 10.2 Å². The van der Waals surface area contributed by atoms with Gasteiger partial charge in [-0.15, -0.1) is 0 Å². The summed E-state index contributed by atoms with van der Waals surface area (Å²) in [5.41, 5.74) is 5.36. The van der Waals surface area contributed by atoms with Crippen LogP contribution in [0.1, 0.15) is 13.8 Å². The van der Waals surface area contributed by atoms with Crippen LogP contribution >= 0.6 is 0 Å². The maximum Gasteiger partial charge on any atom is 0.254 e. The van der Waals surface area contributed by atoms with Crippen LogP contribution in [-0.4, -0.2) is 34.8 Å². The number of amides is 3. The standard InChI is InChI=1S/C9H13N3O3/c1-5(9(15)11-6(2)10)12-7(13)3-4-8(12)14/h3-6H,10H2,1-2H3,(H,11,15). The third kappa shape index (κ3) is 2.41. The number of nitrogens with one attached hydrogen (secondary N) is 1. The number of carbonyl (C=O) groups is 3. The zero-order chi connectivity index (χ0) is 11.6. The van der Waals surface area contributed by atoms with Gasteiger partial charge in [0.05, 0.1) is 6.17 Å². The predicted molar refractivity (Wildman–Crippen MR) is 52.2 cm³/mol. The number of rotatable bonds is 3. The van der Waals surface area contributed by atoms with Crippen molar-refractivity contribution in [1.29, 1.82) is 0 Å². The molecule has 0 aromatic rings. The summed E-state index contributed by atoms with van der Waals surface area (Å²) in [5.74, 6) is -1.41. The quantitative estimate of drug-likeness (QED) is 0.449. The lowest BCUT2D eigenvalue weighted by molar-refractivity contribution is -0.144. The van der Waals surface area contributed by atoms with Crippen molar-refractivity contribution in [2.45, 2.75) is 26.1 Å². The number of nitrogens with two attached hydrogens (primary N) is 1. The van der Waals surface area contributed by atoms with Gasteiger partial charge in [0, 0.05) is 12.2 Å². The second-order valence-corrected chi connectivity index (χ2v) is 3.35. The minimum Gasteiger partial charge on any atom is -0.339 e. The number of carbonyl (C=O) groups excluding carboxylic acids is 3. The van der Waals surface area contributed by atoms with E-state index < -0.39 is 29.9 Å². The number of nitrogens with zero attached hydrogens (tertiary/aromatic N) is 1. The first-order valence-corrected chi connectivity index (χ1v) is 4.54. The van der Waals surface area contributed by atoms with Gasteiger partial charge in [-0.3, -0.25) is 19.3 Å². The molecule has 82 valence electrons. The zero-order valence-corrected chi connectivity index (χ0v) is 8.56. The van der Waals surface area contributed by atoms with E-state index in [1.165, 1.54) is 6.92 Å². The predicted octanol–water partition coefficient (Wildman–Crippen LogP) is -1.28. The summed E-state index contributed by atoms with van der Waals surface area (Å²) in [6, 6.07) is -0.842. The van der Waals surface area contributed by atoms with Crippen LogP contribution in [-0.2, 0) is 14.4 Å². The van der Waals surface area contributed by atoms with Gasteiger partial charge in [-0.25, -0.2) is 0 Å². The van der Waals surface area contributed by atoms with Crippen LogP contribution < -0.4 is 11.1 Å². The maximum absolute atomic E-state index is 11.5. The molecule has 0 aliphatic carbocycles. The monoisotopic (exact) mass is 211 g/mol. The lowest BCUT2D eigenvalue weighted by Crippen LogP contribution is -2.51. The Balaban J connectivity index is 2.68. The van der Waals surface area contributed by atoms with E-state index in [4.69, 9.17) is 5.73 Å². The molecule has 1 aliphatic rings. The van der Waals surface area contributed by atoms with E-state index >= 15 is 0 Å². The van der Waals surface area contributed by atoms with Gasteiger partial charge in [-0.2, -0.15) is 0 Å². The molecular formula is C9H13N3O3. The molecule has 0 saturated carbocycles. The Kier molecular flexibility index (Phi) is 3.21. The highest BCUT2D eigenvalue weighted by atomic mass is 16.2. The van der Waals surface area contributed by atoms with Crippen molar-refractivity contribution in [3.63, 3.8) is 0 Å². The highest BCUT2D eigenvalue weighted by Gasteiger charge is 2.32. The summed E-state index contributed by atoms with van der Waals surface area (Å²) in [6.45, 7) is 3.07. The minimum absolute atomic E-state index is 0.449. The Bertz CT molecular complexity index is 317. The van der Waals surface area contributed by atoms with Crippen LogP contribution in [0.2, 0.25) is 0 Å². The molecule has 1 aliphatic heterocycles. The Morgan fingerprint density at radius 3 is 2.20 bits per heavy atom. The third-order valence-corrected chi connectivity index (χ3v) is 1.98. The molecule has 0 bridgehead atoms. The van der Waals surface area contributed by atoms with E-state index in [0.717, 1.165) is 17.1 Å². The first kappa shape index (κ1) is 11.4. The highest BCUT2D eigenvalue weighted by molar-refractivity contribution is 6.15. The van der Waals surface area contributed by atoms with Crippen LogP contribution in [0.15, 0.2) is 12.2 Å². The van der Waals surface area contributed by atoms with Crippen LogP contribution in [0, 0.1) is 0 Å². The molecule has 6 nitrogen and oxygen atoms in total. The second kappa shape index (κ2) is 4.22. The van der Waals surface area contributed by atoms with Gasteiger partial charge in [-0.05, 0) is 13.8 Å². The zero-order valence-electron chi connectivity index (χ0n) is 8.56. The Morgan fingerprint density at radius 2 is 1.80 bits per heavy atom. The largest absolute Gasteiger partial charge is 0.339 e. The van der Waals surface area contributed by atoms with Gasteiger partial charge < -0.3 is 11.1 Å². The van der Waals surface area contributed by atoms with E-state index in [1.54, 1.807) is 6.92 Å². The molecular weight excluding hydrogens is 198 g/mol. The topological polar surface area (TPSA) is 92.5 Å². The van der Waals surface area contributed by atoms with E-state index in [1.807, 2.05) is 0 Å². The Morgan fingerprint density at radius 1 is 1.33 bits per heavy atom. The molecule has 6 heteroatoms. The summed E-state index contributed by atoms with van der Waals surface area (Å²) in [7, 11) is 0. The molecule has 1 heterocycles. The summed E-state index contributed by atoms with van der Waals surface area (Å²) in [4.78, 5) is 34.8. The fourth-order valence-electron chi connectivity index (χ4n) is 1.26. The molecule has 2 unspecified atom stereocenters. The molecule has 2 atom stereocenters. The summed E-state index contributed by atoms with van der Waals surface area (Å²) >= 11 is 0. The number of imide groups is 1.